The van der Waals surface area contributed by atoms with E-state index in [0.29, 0.717) is 47.3 Å². The van der Waals surface area contributed by atoms with Gasteiger partial charge in [0.05, 0.1) is 0 Å². The normalized spacial score (nSPS) is 12.2. The molecule has 4 radical (unpaired) electrons. The molecule has 0 fully saturated rings. The SMILES string of the molecule is CC(C)c1cccc(C(C)C)c1-c1cccc(-c2c(C(C)C)cccc2C(C)C)[c]1[Sn][O][Sn][c]1c(-c2c(C(C)C)cccc2C(C)C)cccc1-c1c(C(C)C)cccc1C(C)C. The molecule has 0 amide bonds. The quantitative estimate of drug-likeness (QED) is 0.0878. The Morgan fingerprint density at radius 1 is 0.254 bits per heavy atom. The molecule has 328 valence electrons. The molecule has 63 heavy (non-hydrogen) atoms. The third kappa shape index (κ3) is 10.5. The van der Waals surface area contributed by atoms with E-state index in [4.69, 9.17) is 1.41 Å². The van der Waals surface area contributed by atoms with Crippen LogP contribution in [-0.4, -0.2) is 43.1 Å². The predicted octanol–water partition coefficient (Wildman–Crippen LogP) is 16.5. The van der Waals surface area contributed by atoms with Gasteiger partial charge in [-0.25, -0.2) is 0 Å². The molecular formula is C60H74OSn2. The van der Waals surface area contributed by atoms with E-state index < -0.39 is 43.1 Å². The van der Waals surface area contributed by atoms with Crippen LogP contribution >= 0.6 is 0 Å². The zero-order chi connectivity index (χ0) is 45.9. The molecule has 6 aromatic carbocycles. The molecule has 0 aliphatic rings. The summed E-state index contributed by atoms with van der Waals surface area (Å²) in [6, 6.07) is 42.6. The van der Waals surface area contributed by atoms with Crippen LogP contribution in [-0.2, 0) is 1.41 Å². The number of hydrogen-bond donors (Lipinski definition) is 0. The van der Waals surface area contributed by atoms with Crippen molar-refractivity contribution < 1.29 is 1.41 Å². The fourth-order valence-corrected chi connectivity index (χ4v) is 19.0. The van der Waals surface area contributed by atoms with E-state index in [9.17, 15) is 0 Å². The average Bonchev–Trinajstić information content (AvgIpc) is 3.25. The maximum atomic E-state index is 7.80. The van der Waals surface area contributed by atoms with Crippen molar-refractivity contribution >= 4 is 50.3 Å². The summed E-state index contributed by atoms with van der Waals surface area (Å²) in [5.41, 5.74) is 22.8. The fraction of sp³-hybridized carbons (Fsp3) is 0.400. The van der Waals surface area contributed by atoms with Crippen molar-refractivity contribution in [1.29, 1.82) is 0 Å². The molecule has 0 unspecified atom stereocenters. The van der Waals surface area contributed by atoms with Gasteiger partial charge in [-0.1, -0.05) is 0 Å². The van der Waals surface area contributed by atoms with Gasteiger partial charge in [0.1, 0.15) is 0 Å². The van der Waals surface area contributed by atoms with E-state index in [2.05, 4.69) is 220 Å². The molecule has 0 aliphatic heterocycles. The molecule has 0 saturated heterocycles. The molecule has 1 nitrogen and oxygen atoms in total. The monoisotopic (exact) mass is 1050 g/mol. The first-order valence-electron chi connectivity index (χ1n) is 23.9. The minimum absolute atomic E-state index is 0.397. The third-order valence-electron chi connectivity index (χ3n) is 13.0. The van der Waals surface area contributed by atoms with Gasteiger partial charge in [-0.15, -0.1) is 0 Å². The zero-order valence-electron chi connectivity index (χ0n) is 41.4. The molecule has 0 N–H and O–H groups in total. The zero-order valence-corrected chi connectivity index (χ0v) is 47.1. The van der Waals surface area contributed by atoms with E-state index >= 15 is 0 Å². The molecule has 0 atom stereocenters. The molecule has 6 rings (SSSR count). The molecule has 0 aliphatic carbocycles. The number of benzene rings is 6. The Labute approximate surface area is 404 Å². The van der Waals surface area contributed by atoms with Crippen molar-refractivity contribution in [1.82, 2.24) is 0 Å². The van der Waals surface area contributed by atoms with Crippen LogP contribution in [0.5, 0.6) is 0 Å². The van der Waals surface area contributed by atoms with E-state index in [1.54, 1.807) is 0 Å². The van der Waals surface area contributed by atoms with Gasteiger partial charge in [0, 0.05) is 0 Å². The second-order valence-corrected chi connectivity index (χ2v) is 28.8. The third-order valence-corrected chi connectivity index (χ3v) is 21.7. The average molecular weight is 1050 g/mol. The predicted molar refractivity (Wildman–Crippen MR) is 279 cm³/mol. The Morgan fingerprint density at radius 3 is 0.571 bits per heavy atom. The van der Waals surface area contributed by atoms with Crippen molar-refractivity contribution in [2.24, 2.45) is 0 Å². The Kier molecular flexibility index (Phi) is 16.8. The van der Waals surface area contributed by atoms with Gasteiger partial charge >= 0.3 is 408 Å². The number of hydrogen-bond acceptors (Lipinski definition) is 1. The van der Waals surface area contributed by atoms with E-state index in [0.717, 1.165) is 0 Å². The molecule has 0 aromatic heterocycles. The standard InChI is InChI=1S/2C30H37.O.2Sn/c2*1-19(2)25-14-10-15-26(20(3)4)29(25)23-12-9-13-24(18-23)30-27(21(5)6)16-11-17-28(30)22(7)8;;;/h2*9-17,19-22H,1-8H3;;;. The summed E-state index contributed by atoms with van der Waals surface area (Å²) in [7, 11) is 0. The van der Waals surface area contributed by atoms with Gasteiger partial charge in [0.25, 0.3) is 0 Å². The molecule has 0 saturated carbocycles. The summed E-state index contributed by atoms with van der Waals surface area (Å²) < 4.78 is 10.8. The van der Waals surface area contributed by atoms with Crippen LogP contribution < -0.4 is 7.16 Å². The Morgan fingerprint density at radius 2 is 0.413 bits per heavy atom. The second kappa shape index (κ2) is 21.5. The van der Waals surface area contributed by atoms with Crippen molar-refractivity contribution in [3.8, 4) is 44.5 Å². The van der Waals surface area contributed by atoms with Crippen LogP contribution in [0.3, 0.4) is 0 Å². The fourth-order valence-electron chi connectivity index (χ4n) is 9.73. The molecule has 3 heteroatoms. The van der Waals surface area contributed by atoms with E-state index in [1.165, 1.54) is 96.2 Å². The van der Waals surface area contributed by atoms with Crippen LogP contribution in [0.2, 0.25) is 0 Å². The molecule has 6 aromatic rings. The first-order chi connectivity index (χ1) is 30.0. The topological polar surface area (TPSA) is 9.23 Å². The molecule has 0 spiro atoms. The number of rotatable bonds is 16. The van der Waals surface area contributed by atoms with Crippen LogP contribution in [0, 0.1) is 0 Å². The first-order valence-corrected chi connectivity index (χ1v) is 29.1. The minimum atomic E-state index is -1.69. The Balaban J connectivity index is 1.67. The van der Waals surface area contributed by atoms with Gasteiger partial charge in [-0.2, -0.15) is 0 Å². The van der Waals surface area contributed by atoms with Gasteiger partial charge in [0.2, 0.25) is 0 Å². The van der Waals surface area contributed by atoms with Gasteiger partial charge in [-0.3, -0.25) is 0 Å². The van der Waals surface area contributed by atoms with E-state index in [1.807, 2.05) is 0 Å². The van der Waals surface area contributed by atoms with Crippen LogP contribution in [0.25, 0.3) is 44.5 Å². The van der Waals surface area contributed by atoms with Crippen LogP contribution in [0.15, 0.2) is 109 Å². The molecule has 0 heterocycles. The van der Waals surface area contributed by atoms with Crippen LogP contribution in [0.1, 0.15) is 203 Å². The molecule has 0 bridgehead atoms. The Bertz CT molecular complexity index is 2070. The summed E-state index contributed by atoms with van der Waals surface area (Å²) in [6.45, 7) is 37.8. The molecular weight excluding hydrogens is 974 g/mol. The van der Waals surface area contributed by atoms with Crippen molar-refractivity contribution in [3.63, 3.8) is 0 Å². The van der Waals surface area contributed by atoms with Gasteiger partial charge in [-0.05, 0) is 0 Å². The van der Waals surface area contributed by atoms with Crippen molar-refractivity contribution in [3.05, 3.63) is 154 Å². The summed E-state index contributed by atoms with van der Waals surface area (Å²) in [6.07, 6.45) is 0. The van der Waals surface area contributed by atoms with Crippen molar-refractivity contribution in [2.45, 2.75) is 158 Å². The van der Waals surface area contributed by atoms with Crippen molar-refractivity contribution in [2.75, 3.05) is 0 Å². The summed E-state index contributed by atoms with van der Waals surface area (Å²) in [4.78, 5) is 0. The first kappa shape index (κ1) is 49.3. The summed E-state index contributed by atoms with van der Waals surface area (Å²) >= 11 is -3.39. The van der Waals surface area contributed by atoms with E-state index in [-0.39, 0.29) is 0 Å². The van der Waals surface area contributed by atoms with Gasteiger partial charge < -0.3 is 0 Å². The van der Waals surface area contributed by atoms with Gasteiger partial charge in [0.15, 0.2) is 0 Å². The second-order valence-electron chi connectivity index (χ2n) is 20.2. The summed E-state index contributed by atoms with van der Waals surface area (Å²) in [5, 5.41) is 0. The van der Waals surface area contributed by atoms with Crippen LogP contribution in [0.4, 0.5) is 0 Å². The summed E-state index contributed by atoms with van der Waals surface area (Å²) in [5.74, 6) is 3.18. The Hall–Kier alpha value is -3.12. The maximum absolute atomic E-state index is 7.80.